The molecular weight excluding hydrogens is 233 g/mol. The molecule has 0 radical (unpaired) electrons. The molecular formula is C13H14FN3O. The van der Waals surface area contributed by atoms with Gasteiger partial charge in [-0.25, -0.2) is 4.98 Å². The fraction of sp³-hybridized carbons (Fsp3) is 0.154. The van der Waals surface area contributed by atoms with E-state index in [-0.39, 0.29) is 0 Å². The highest BCUT2D eigenvalue weighted by atomic mass is 19.1. The summed E-state index contributed by atoms with van der Waals surface area (Å²) >= 11 is 0. The fourth-order valence-electron chi connectivity index (χ4n) is 1.84. The summed E-state index contributed by atoms with van der Waals surface area (Å²) in [5, 5.41) is 0. The summed E-state index contributed by atoms with van der Waals surface area (Å²) < 4.78 is 19.0. The molecule has 0 fully saturated rings. The number of hydrogen-bond donors (Lipinski definition) is 2. The van der Waals surface area contributed by atoms with Crippen molar-refractivity contribution in [2.75, 3.05) is 18.6 Å². The van der Waals surface area contributed by atoms with Gasteiger partial charge in [0.2, 0.25) is 5.95 Å². The number of nitrogen functional groups attached to an aromatic ring is 2. The lowest BCUT2D eigenvalue weighted by molar-refractivity contribution is 0.416. The van der Waals surface area contributed by atoms with Gasteiger partial charge in [-0.2, -0.15) is 4.39 Å². The zero-order valence-electron chi connectivity index (χ0n) is 10.2. The van der Waals surface area contributed by atoms with Crippen molar-refractivity contribution in [1.82, 2.24) is 4.98 Å². The number of aryl methyl sites for hydroxylation is 1. The van der Waals surface area contributed by atoms with Gasteiger partial charge in [-0.15, -0.1) is 0 Å². The Labute approximate surface area is 104 Å². The topological polar surface area (TPSA) is 74.2 Å². The van der Waals surface area contributed by atoms with Gasteiger partial charge in [0.05, 0.1) is 12.7 Å². The van der Waals surface area contributed by atoms with Gasteiger partial charge in [-0.3, -0.25) is 0 Å². The van der Waals surface area contributed by atoms with Crippen molar-refractivity contribution in [1.29, 1.82) is 0 Å². The Bertz CT molecular complexity index is 599. The number of pyridine rings is 1. The minimum absolute atomic E-state index is 0.310. The Kier molecular flexibility index (Phi) is 3.06. The number of hydrogen-bond acceptors (Lipinski definition) is 4. The lowest BCUT2D eigenvalue weighted by atomic mass is 10.0. The molecule has 1 aromatic carbocycles. The van der Waals surface area contributed by atoms with Crippen molar-refractivity contribution in [2.45, 2.75) is 6.92 Å². The third-order valence-electron chi connectivity index (χ3n) is 2.62. The van der Waals surface area contributed by atoms with Crippen molar-refractivity contribution in [3.8, 4) is 16.9 Å². The second kappa shape index (κ2) is 4.52. The summed E-state index contributed by atoms with van der Waals surface area (Å²) in [7, 11) is 1.48. The maximum Gasteiger partial charge on any atom is 0.220 e. The Morgan fingerprint density at radius 1 is 1.22 bits per heavy atom. The van der Waals surface area contributed by atoms with Crippen LogP contribution in [-0.2, 0) is 0 Å². The molecule has 0 atom stereocenters. The fourth-order valence-corrected chi connectivity index (χ4v) is 1.84. The molecule has 4 nitrogen and oxygen atoms in total. The van der Waals surface area contributed by atoms with Gasteiger partial charge in [0.1, 0.15) is 5.75 Å². The van der Waals surface area contributed by atoms with Crippen LogP contribution in [0, 0.1) is 12.9 Å². The summed E-state index contributed by atoms with van der Waals surface area (Å²) in [5.41, 5.74) is 14.0. The summed E-state index contributed by atoms with van der Waals surface area (Å²) in [6.45, 7) is 1.83. The van der Waals surface area contributed by atoms with Crippen molar-refractivity contribution < 1.29 is 9.13 Å². The number of halogens is 1. The smallest absolute Gasteiger partial charge is 0.220 e. The zero-order valence-corrected chi connectivity index (χ0v) is 10.2. The van der Waals surface area contributed by atoms with Crippen LogP contribution in [0.15, 0.2) is 24.4 Å². The van der Waals surface area contributed by atoms with Gasteiger partial charge in [0, 0.05) is 29.2 Å². The van der Waals surface area contributed by atoms with E-state index in [9.17, 15) is 4.39 Å². The number of nitrogens with zero attached hydrogens (tertiary/aromatic N) is 1. The zero-order chi connectivity index (χ0) is 13.3. The van der Waals surface area contributed by atoms with E-state index in [4.69, 9.17) is 16.2 Å². The predicted octanol–water partition coefficient (Wildman–Crippen LogP) is 2.37. The molecule has 2 aromatic rings. The molecule has 0 aliphatic heterocycles. The highest BCUT2D eigenvalue weighted by Crippen LogP contribution is 2.38. The van der Waals surface area contributed by atoms with Crippen LogP contribution < -0.4 is 16.2 Å². The van der Waals surface area contributed by atoms with E-state index in [2.05, 4.69) is 4.98 Å². The number of rotatable bonds is 2. The molecule has 0 aliphatic rings. The molecule has 18 heavy (non-hydrogen) atoms. The molecule has 0 bridgehead atoms. The van der Waals surface area contributed by atoms with Gasteiger partial charge < -0.3 is 16.2 Å². The highest BCUT2D eigenvalue weighted by molar-refractivity contribution is 5.84. The average molecular weight is 247 g/mol. The molecule has 1 heterocycles. The van der Waals surface area contributed by atoms with E-state index in [1.54, 1.807) is 18.2 Å². The Morgan fingerprint density at radius 2 is 1.94 bits per heavy atom. The molecule has 0 unspecified atom stereocenters. The molecule has 94 valence electrons. The summed E-state index contributed by atoms with van der Waals surface area (Å²) in [6, 6.07) is 4.85. The van der Waals surface area contributed by atoms with Crippen LogP contribution in [-0.4, -0.2) is 12.1 Å². The van der Waals surface area contributed by atoms with Gasteiger partial charge in [-0.1, -0.05) is 0 Å². The quantitative estimate of drug-likeness (QED) is 0.631. The maximum atomic E-state index is 13.8. The van der Waals surface area contributed by atoms with Crippen molar-refractivity contribution in [3.63, 3.8) is 0 Å². The normalized spacial score (nSPS) is 10.4. The van der Waals surface area contributed by atoms with Gasteiger partial charge in [0.25, 0.3) is 0 Å². The third-order valence-corrected chi connectivity index (χ3v) is 2.62. The molecule has 1 aromatic heterocycles. The van der Waals surface area contributed by atoms with E-state index in [0.29, 0.717) is 28.3 Å². The lowest BCUT2D eigenvalue weighted by Crippen LogP contribution is -2.00. The molecule has 0 saturated carbocycles. The van der Waals surface area contributed by atoms with Crippen LogP contribution in [0.25, 0.3) is 11.1 Å². The van der Waals surface area contributed by atoms with Crippen LogP contribution >= 0.6 is 0 Å². The molecule has 0 spiro atoms. The maximum absolute atomic E-state index is 13.8. The summed E-state index contributed by atoms with van der Waals surface area (Å²) in [5.74, 6) is -0.158. The SMILES string of the molecule is COc1cc(N)cc(N)c1-c1cc(C)cnc1F. The van der Waals surface area contributed by atoms with E-state index < -0.39 is 5.95 Å². The molecule has 5 heteroatoms. The number of nitrogens with two attached hydrogens (primary N) is 2. The van der Waals surface area contributed by atoms with Crippen LogP contribution in [0.5, 0.6) is 5.75 Å². The first-order valence-electron chi connectivity index (χ1n) is 5.38. The second-order valence-electron chi connectivity index (χ2n) is 4.04. The number of anilines is 2. The lowest BCUT2D eigenvalue weighted by Gasteiger charge is -2.13. The number of ether oxygens (including phenoxy) is 1. The van der Waals surface area contributed by atoms with Crippen molar-refractivity contribution in [3.05, 3.63) is 35.9 Å². The van der Waals surface area contributed by atoms with Crippen LogP contribution in [0.2, 0.25) is 0 Å². The average Bonchev–Trinajstić information content (AvgIpc) is 2.32. The number of aromatic nitrogens is 1. The minimum atomic E-state index is -0.588. The largest absolute Gasteiger partial charge is 0.496 e. The molecule has 0 saturated heterocycles. The van der Waals surface area contributed by atoms with Crippen LogP contribution in [0.1, 0.15) is 5.56 Å². The van der Waals surface area contributed by atoms with Crippen LogP contribution in [0.4, 0.5) is 15.8 Å². The summed E-state index contributed by atoms with van der Waals surface area (Å²) in [4.78, 5) is 3.68. The van der Waals surface area contributed by atoms with Gasteiger partial charge in [-0.05, 0) is 24.6 Å². The number of benzene rings is 1. The van der Waals surface area contributed by atoms with Gasteiger partial charge >= 0.3 is 0 Å². The standard InChI is InChI=1S/C13H14FN3O/c1-7-3-9(13(14)17-6-7)12-10(16)4-8(15)5-11(12)18-2/h3-6H,15-16H2,1-2H3. The Hall–Kier alpha value is -2.30. The first kappa shape index (κ1) is 12.2. The highest BCUT2D eigenvalue weighted by Gasteiger charge is 2.16. The predicted molar refractivity (Wildman–Crippen MR) is 69.7 cm³/mol. The van der Waals surface area contributed by atoms with E-state index in [1.165, 1.54) is 13.3 Å². The first-order chi connectivity index (χ1) is 8.52. The van der Waals surface area contributed by atoms with Gasteiger partial charge in [0.15, 0.2) is 0 Å². The second-order valence-corrected chi connectivity index (χ2v) is 4.04. The third kappa shape index (κ3) is 2.07. The minimum Gasteiger partial charge on any atom is -0.496 e. The Balaban J connectivity index is 2.74. The first-order valence-corrected chi connectivity index (χ1v) is 5.38. The molecule has 0 amide bonds. The summed E-state index contributed by atoms with van der Waals surface area (Å²) in [6.07, 6.45) is 1.46. The van der Waals surface area contributed by atoms with E-state index in [0.717, 1.165) is 5.56 Å². The monoisotopic (exact) mass is 247 g/mol. The van der Waals surface area contributed by atoms with Crippen molar-refractivity contribution in [2.24, 2.45) is 0 Å². The van der Waals surface area contributed by atoms with E-state index in [1.807, 2.05) is 6.92 Å². The molecule has 2 rings (SSSR count). The molecule has 4 N–H and O–H groups in total. The van der Waals surface area contributed by atoms with Crippen LogP contribution in [0.3, 0.4) is 0 Å². The van der Waals surface area contributed by atoms with E-state index >= 15 is 0 Å². The molecule has 0 aliphatic carbocycles. The van der Waals surface area contributed by atoms with Crippen molar-refractivity contribution >= 4 is 11.4 Å². The Morgan fingerprint density at radius 3 is 2.61 bits per heavy atom. The number of methoxy groups -OCH3 is 1.